The van der Waals surface area contributed by atoms with Crippen molar-refractivity contribution in [2.45, 2.75) is 57.8 Å². The Bertz CT molecular complexity index is 378. The van der Waals surface area contributed by atoms with Crippen molar-refractivity contribution < 1.29 is 4.74 Å². The largest absolute Gasteiger partial charge is 0.385 e. The van der Waals surface area contributed by atoms with Gasteiger partial charge < -0.3 is 4.74 Å². The van der Waals surface area contributed by atoms with Crippen LogP contribution in [0.15, 0.2) is 30.3 Å². The van der Waals surface area contributed by atoms with Gasteiger partial charge in [-0.15, -0.1) is 0 Å². The minimum Gasteiger partial charge on any atom is -0.385 e. The lowest BCUT2D eigenvalue weighted by molar-refractivity contribution is 0.0600. The molecule has 0 aliphatic heterocycles. The highest BCUT2D eigenvalue weighted by Crippen LogP contribution is 2.52. The normalized spacial score (nSPS) is 21.8. The molecule has 1 aromatic rings. The first-order chi connectivity index (χ1) is 9.12. The predicted octanol–water partition coefficient (Wildman–Crippen LogP) is 4.95. The summed E-state index contributed by atoms with van der Waals surface area (Å²) in [5.74, 6) is 0. The SMILES string of the molecule is COCCC(C)(c1ccccc1)C1(C)CCCCC1. The molecule has 19 heavy (non-hydrogen) atoms. The molecule has 0 heterocycles. The van der Waals surface area contributed by atoms with Gasteiger partial charge in [0.15, 0.2) is 0 Å². The molecule has 0 aromatic heterocycles. The Kier molecular flexibility index (Phi) is 4.67. The van der Waals surface area contributed by atoms with E-state index in [4.69, 9.17) is 4.74 Å². The first-order valence-electron chi connectivity index (χ1n) is 7.67. The highest BCUT2D eigenvalue weighted by atomic mass is 16.5. The maximum Gasteiger partial charge on any atom is 0.0470 e. The third kappa shape index (κ3) is 2.86. The fourth-order valence-electron chi connectivity index (χ4n) is 3.79. The Morgan fingerprint density at radius 2 is 1.74 bits per heavy atom. The lowest BCUT2D eigenvalue weighted by atomic mass is 9.55. The van der Waals surface area contributed by atoms with Gasteiger partial charge in [0.2, 0.25) is 0 Å². The van der Waals surface area contributed by atoms with Crippen LogP contribution in [-0.2, 0) is 10.2 Å². The van der Waals surface area contributed by atoms with Gasteiger partial charge in [0.1, 0.15) is 0 Å². The van der Waals surface area contributed by atoms with Gasteiger partial charge in [0.25, 0.3) is 0 Å². The molecule has 1 heteroatoms. The highest BCUT2D eigenvalue weighted by Gasteiger charge is 2.45. The minimum absolute atomic E-state index is 0.227. The fourth-order valence-corrected chi connectivity index (χ4v) is 3.79. The number of ether oxygens (including phenoxy) is 1. The fraction of sp³-hybridized carbons (Fsp3) is 0.667. The van der Waals surface area contributed by atoms with E-state index in [0.717, 1.165) is 13.0 Å². The Balaban J connectivity index is 2.33. The Morgan fingerprint density at radius 3 is 2.32 bits per heavy atom. The van der Waals surface area contributed by atoms with Crippen LogP contribution in [0.5, 0.6) is 0 Å². The molecular weight excluding hydrogens is 232 g/mol. The van der Waals surface area contributed by atoms with Crippen molar-refractivity contribution in [2.24, 2.45) is 5.41 Å². The van der Waals surface area contributed by atoms with Crippen LogP contribution in [0.1, 0.15) is 57.9 Å². The summed E-state index contributed by atoms with van der Waals surface area (Å²) in [6, 6.07) is 11.1. The molecule has 1 atom stereocenters. The third-order valence-electron chi connectivity index (χ3n) is 5.51. The molecule has 1 unspecified atom stereocenters. The van der Waals surface area contributed by atoms with Gasteiger partial charge in [0.05, 0.1) is 0 Å². The smallest absolute Gasteiger partial charge is 0.0470 e. The summed E-state index contributed by atoms with van der Waals surface area (Å²) in [4.78, 5) is 0. The van der Waals surface area contributed by atoms with Crippen LogP contribution in [0.3, 0.4) is 0 Å². The lowest BCUT2D eigenvalue weighted by Gasteiger charge is -2.50. The molecule has 1 fully saturated rings. The van der Waals surface area contributed by atoms with Crippen molar-refractivity contribution in [3.05, 3.63) is 35.9 Å². The molecule has 0 radical (unpaired) electrons. The number of hydrogen-bond acceptors (Lipinski definition) is 1. The first kappa shape index (κ1) is 14.6. The summed E-state index contributed by atoms with van der Waals surface area (Å²) < 4.78 is 5.39. The van der Waals surface area contributed by atoms with Crippen LogP contribution in [-0.4, -0.2) is 13.7 Å². The molecule has 1 aliphatic carbocycles. The molecule has 1 aliphatic rings. The predicted molar refractivity (Wildman–Crippen MR) is 81.5 cm³/mol. The first-order valence-corrected chi connectivity index (χ1v) is 7.67. The van der Waals surface area contributed by atoms with Gasteiger partial charge in [-0.3, -0.25) is 0 Å². The zero-order valence-electron chi connectivity index (χ0n) is 12.7. The average molecular weight is 260 g/mol. The third-order valence-corrected chi connectivity index (χ3v) is 5.51. The second kappa shape index (κ2) is 6.09. The summed E-state index contributed by atoms with van der Waals surface area (Å²) in [7, 11) is 1.81. The van der Waals surface area contributed by atoms with Crippen LogP contribution < -0.4 is 0 Å². The lowest BCUT2D eigenvalue weighted by Crippen LogP contribution is -2.43. The van der Waals surface area contributed by atoms with Crippen molar-refractivity contribution in [1.29, 1.82) is 0 Å². The zero-order chi connectivity index (χ0) is 13.8. The van der Waals surface area contributed by atoms with E-state index < -0.39 is 0 Å². The maximum atomic E-state index is 5.39. The maximum absolute atomic E-state index is 5.39. The van der Waals surface area contributed by atoms with E-state index in [0.29, 0.717) is 5.41 Å². The van der Waals surface area contributed by atoms with Crippen LogP contribution in [0.2, 0.25) is 0 Å². The second-order valence-electron chi connectivity index (χ2n) is 6.56. The second-order valence-corrected chi connectivity index (χ2v) is 6.56. The molecular formula is C18H28O. The average Bonchev–Trinajstić information content (AvgIpc) is 2.46. The number of benzene rings is 1. The van der Waals surface area contributed by atoms with Gasteiger partial charge >= 0.3 is 0 Å². The van der Waals surface area contributed by atoms with Crippen molar-refractivity contribution >= 4 is 0 Å². The molecule has 1 aromatic carbocycles. The monoisotopic (exact) mass is 260 g/mol. The Morgan fingerprint density at radius 1 is 1.11 bits per heavy atom. The van der Waals surface area contributed by atoms with Crippen molar-refractivity contribution in [3.63, 3.8) is 0 Å². The molecule has 1 saturated carbocycles. The summed E-state index contributed by atoms with van der Waals surface area (Å²) >= 11 is 0. The van der Waals surface area contributed by atoms with E-state index in [-0.39, 0.29) is 5.41 Å². The standard InChI is InChI=1S/C18H28O/c1-17(12-8-5-9-13-17)18(2,14-15-19-3)16-10-6-4-7-11-16/h4,6-7,10-11H,5,8-9,12-15H2,1-3H3. The molecule has 2 rings (SSSR count). The van der Waals surface area contributed by atoms with E-state index in [1.807, 2.05) is 7.11 Å². The van der Waals surface area contributed by atoms with Gasteiger partial charge in [-0.2, -0.15) is 0 Å². The van der Waals surface area contributed by atoms with Crippen LogP contribution in [0, 0.1) is 5.41 Å². The van der Waals surface area contributed by atoms with Crippen molar-refractivity contribution in [1.82, 2.24) is 0 Å². The quantitative estimate of drug-likeness (QED) is 0.727. The number of rotatable bonds is 5. The molecule has 0 bridgehead atoms. The van der Waals surface area contributed by atoms with E-state index >= 15 is 0 Å². The van der Waals surface area contributed by atoms with E-state index in [9.17, 15) is 0 Å². The van der Waals surface area contributed by atoms with E-state index in [2.05, 4.69) is 44.2 Å². The number of methoxy groups -OCH3 is 1. The summed E-state index contributed by atoms with van der Waals surface area (Å²) in [6.45, 7) is 5.79. The van der Waals surface area contributed by atoms with Gasteiger partial charge in [0, 0.05) is 19.1 Å². The van der Waals surface area contributed by atoms with Crippen LogP contribution in [0.25, 0.3) is 0 Å². The Labute approximate surface area is 118 Å². The molecule has 0 N–H and O–H groups in total. The summed E-state index contributed by atoms with van der Waals surface area (Å²) in [5, 5.41) is 0. The van der Waals surface area contributed by atoms with Gasteiger partial charge in [-0.05, 0) is 30.2 Å². The molecule has 0 amide bonds. The Hall–Kier alpha value is -0.820. The highest BCUT2D eigenvalue weighted by molar-refractivity contribution is 5.28. The van der Waals surface area contributed by atoms with E-state index in [1.54, 1.807) is 0 Å². The molecule has 0 saturated heterocycles. The minimum atomic E-state index is 0.227. The van der Waals surface area contributed by atoms with Crippen LogP contribution in [0.4, 0.5) is 0 Å². The topological polar surface area (TPSA) is 9.23 Å². The summed E-state index contributed by atoms with van der Waals surface area (Å²) in [6.07, 6.45) is 7.98. The number of hydrogen-bond donors (Lipinski definition) is 0. The van der Waals surface area contributed by atoms with Crippen molar-refractivity contribution in [3.8, 4) is 0 Å². The zero-order valence-corrected chi connectivity index (χ0v) is 12.7. The van der Waals surface area contributed by atoms with E-state index in [1.165, 1.54) is 37.7 Å². The van der Waals surface area contributed by atoms with Gasteiger partial charge in [-0.1, -0.05) is 63.4 Å². The van der Waals surface area contributed by atoms with Crippen LogP contribution >= 0.6 is 0 Å². The summed E-state index contributed by atoms with van der Waals surface area (Å²) in [5.41, 5.74) is 2.12. The molecule has 106 valence electrons. The van der Waals surface area contributed by atoms with Gasteiger partial charge in [-0.25, -0.2) is 0 Å². The molecule has 0 spiro atoms. The van der Waals surface area contributed by atoms with Crippen molar-refractivity contribution in [2.75, 3.05) is 13.7 Å². The molecule has 1 nitrogen and oxygen atoms in total.